The highest BCUT2D eigenvalue weighted by atomic mass is 16.5. The maximum absolute atomic E-state index is 12.6. The van der Waals surface area contributed by atoms with E-state index >= 15 is 0 Å². The molecule has 1 fully saturated rings. The number of ether oxygens (including phenoxy) is 2. The Balaban J connectivity index is 1.35. The molecule has 2 aromatic rings. The Kier molecular flexibility index (Phi) is 3.55. The molecule has 1 aliphatic carbocycles. The Labute approximate surface area is 162 Å². The third-order valence-corrected chi connectivity index (χ3v) is 5.39. The number of fused-ring (bicyclic) bond motifs is 2. The monoisotopic (exact) mass is 374 g/mol. The lowest BCUT2D eigenvalue weighted by atomic mass is 9.72. The second-order valence-corrected chi connectivity index (χ2v) is 7.03. The molecule has 0 radical (unpaired) electrons. The average molecular weight is 374 g/mol. The van der Waals surface area contributed by atoms with Gasteiger partial charge in [0.05, 0.1) is 11.4 Å². The number of Topliss-reactive ketones (excluding diaryl/α,β-unsaturated/α-hetero) is 2. The number of benzene rings is 2. The number of nitrogens with zero attached hydrogens (tertiary/aromatic N) is 2. The molecule has 6 heteroatoms. The minimum Gasteiger partial charge on any atom is -0.439 e. The zero-order chi connectivity index (χ0) is 19.4. The van der Waals surface area contributed by atoms with Gasteiger partial charge in [0.15, 0.2) is 34.8 Å². The van der Waals surface area contributed by atoms with Crippen LogP contribution < -0.4 is 19.3 Å². The van der Waals surface area contributed by atoms with Crippen LogP contribution in [0.5, 0.6) is 11.5 Å². The summed E-state index contributed by atoms with van der Waals surface area (Å²) in [5, 5.41) is 0. The fourth-order valence-electron chi connectivity index (χ4n) is 3.72. The second kappa shape index (κ2) is 5.99. The van der Waals surface area contributed by atoms with E-state index in [1.807, 2.05) is 72.4 Å². The maximum Gasteiger partial charge on any atom is 0.197 e. The lowest BCUT2D eigenvalue weighted by Gasteiger charge is -2.29. The molecule has 0 aromatic heterocycles. The van der Waals surface area contributed by atoms with Gasteiger partial charge in [0.2, 0.25) is 0 Å². The molecule has 0 bridgehead atoms. The van der Waals surface area contributed by atoms with Gasteiger partial charge in [0, 0.05) is 14.1 Å². The zero-order valence-electron chi connectivity index (χ0n) is 15.5. The topological polar surface area (TPSA) is 59.1 Å². The number of allylic oxidation sites excluding steroid dienone is 2. The van der Waals surface area contributed by atoms with Crippen molar-refractivity contribution in [2.24, 2.45) is 11.8 Å². The largest absolute Gasteiger partial charge is 0.439 e. The number of hydrogen-bond donors (Lipinski definition) is 0. The molecule has 6 nitrogen and oxygen atoms in total. The fraction of sp³-hybridized carbons (Fsp3) is 0.182. The molecule has 2 aliphatic heterocycles. The molecule has 5 rings (SSSR count). The van der Waals surface area contributed by atoms with Gasteiger partial charge in [-0.1, -0.05) is 24.3 Å². The number of carbonyl (C=O) groups is 2. The predicted octanol–water partition coefficient (Wildman–Crippen LogP) is 3.11. The van der Waals surface area contributed by atoms with Crippen molar-refractivity contribution in [3.05, 3.63) is 72.4 Å². The molecule has 0 amide bonds. The Morgan fingerprint density at radius 1 is 0.714 bits per heavy atom. The van der Waals surface area contributed by atoms with Gasteiger partial charge in [-0.25, -0.2) is 0 Å². The van der Waals surface area contributed by atoms with E-state index < -0.39 is 11.8 Å². The van der Waals surface area contributed by atoms with Gasteiger partial charge >= 0.3 is 0 Å². The zero-order valence-corrected chi connectivity index (χ0v) is 15.5. The molecule has 3 aliphatic rings. The van der Waals surface area contributed by atoms with E-state index in [4.69, 9.17) is 9.47 Å². The molecule has 0 N–H and O–H groups in total. The third kappa shape index (κ3) is 2.34. The molecule has 0 unspecified atom stereocenters. The molecular weight excluding hydrogens is 356 g/mol. The van der Waals surface area contributed by atoms with E-state index in [1.165, 1.54) is 0 Å². The number of carbonyl (C=O) groups excluding carboxylic acids is 2. The lowest BCUT2D eigenvalue weighted by molar-refractivity contribution is -0.146. The summed E-state index contributed by atoms with van der Waals surface area (Å²) in [5.41, 5.74) is 1.82. The van der Waals surface area contributed by atoms with Crippen LogP contribution in [0.1, 0.15) is 0 Å². The van der Waals surface area contributed by atoms with Crippen LogP contribution in [0.4, 0.5) is 11.4 Å². The first-order valence-corrected chi connectivity index (χ1v) is 9.07. The summed E-state index contributed by atoms with van der Waals surface area (Å²) >= 11 is 0. The molecule has 0 saturated heterocycles. The van der Waals surface area contributed by atoms with Gasteiger partial charge < -0.3 is 19.3 Å². The predicted molar refractivity (Wildman–Crippen MR) is 104 cm³/mol. The molecule has 140 valence electrons. The van der Waals surface area contributed by atoms with Gasteiger partial charge in [-0.2, -0.15) is 0 Å². The van der Waals surface area contributed by atoms with Crippen molar-refractivity contribution < 1.29 is 19.1 Å². The first-order chi connectivity index (χ1) is 13.5. The number of ketones is 2. The van der Waals surface area contributed by atoms with Crippen LogP contribution in [0.25, 0.3) is 0 Å². The average Bonchev–Trinajstić information content (AvgIpc) is 3.21. The Hall–Kier alpha value is -3.54. The van der Waals surface area contributed by atoms with Gasteiger partial charge in [-0.05, 0) is 36.4 Å². The molecule has 2 aromatic carbocycles. The van der Waals surface area contributed by atoms with Crippen LogP contribution in [0.15, 0.2) is 72.4 Å². The summed E-state index contributed by atoms with van der Waals surface area (Å²) in [7, 11) is 3.70. The van der Waals surface area contributed by atoms with Crippen molar-refractivity contribution in [2.75, 3.05) is 23.9 Å². The second-order valence-electron chi connectivity index (χ2n) is 7.03. The van der Waals surface area contributed by atoms with Crippen LogP contribution in [-0.2, 0) is 9.59 Å². The van der Waals surface area contributed by atoms with Gasteiger partial charge in [-0.15, -0.1) is 0 Å². The molecular formula is C22H18N2O4. The summed E-state index contributed by atoms with van der Waals surface area (Å²) in [6.07, 6.45) is 3.21. The first kappa shape index (κ1) is 16.6. The maximum atomic E-state index is 12.6. The Morgan fingerprint density at radius 3 is 1.50 bits per heavy atom. The summed E-state index contributed by atoms with van der Waals surface area (Å²) in [4.78, 5) is 29.0. The normalized spacial score (nSPS) is 25.5. The highest BCUT2D eigenvalue weighted by Crippen LogP contribution is 2.41. The number of para-hydroxylation sites is 4. The number of anilines is 2. The fourth-order valence-corrected chi connectivity index (χ4v) is 3.72. The highest BCUT2D eigenvalue weighted by molar-refractivity contribution is 6.26. The quantitative estimate of drug-likeness (QED) is 0.753. The summed E-state index contributed by atoms with van der Waals surface area (Å²) in [5.74, 6) is 0.560. The summed E-state index contributed by atoms with van der Waals surface area (Å²) in [6, 6.07) is 15.2. The van der Waals surface area contributed by atoms with E-state index in [0.29, 0.717) is 23.3 Å². The SMILES string of the molecule is CN1/C(=C\C2C(=O)C(/C=C3/Oc4ccccc4N3C)C2=O)Oc2ccccc21. The minimum atomic E-state index is -0.789. The third-order valence-electron chi connectivity index (χ3n) is 5.39. The van der Waals surface area contributed by atoms with Crippen molar-refractivity contribution in [2.45, 2.75) is 0 Å². The molecule has 1 saturated carbocycles. The van der Waals surface area contributed by atoms with Crippen LogP contribution >= 0.6 is 0 Å². The summed E-state index contributed by atoms with van der Waals surface area (Å²) < 4.78 is 11.6. The lowest BCUT2D eigenvalue weighted by Crippen LogP contribution is -2.47. The standard InChI is InChI=1S/C22H18N2O4/c1-23-15-7-3-5-9-17(15)27-19(23)11-13-21(25)14(22(13)26)12-20-24(2)16-8-4-6-10-18(16)28-20/h3-14H,1-2H3/b19-11+,20-12+. The van der Waals surface area contributed by atoms with Crippen LogP contribution in [0.2, 0.25) is 0 Å². The van der Waals surface area contributed by atoms with Crippen molar-refractivity contribution in [1.29, 1.82) is 0 Å². The van der Waals surface area contributed by atoms with E-state index in [9.17, 15) is 9.59 Å². The van der Waals surface area contributed by atoms with Gasteiger partial charge in [-0.3, -0.25) is 9.59 Å². The van der Waals surface area contributed by atoms with E-state index in [-0.39, 0.29) is 11.6 Å². The van der Waals surface area contributed by atoms with Crippen molar-refractivity contribution in [1.82, 2.24) is 0 Å². The molecule has 28 heavy (non-hydrogen) atoms. The smallest absolute Gasteiger partial charge is 0.197 e. The first-order valence-electron chi connectivity index (χ1n) is 9.07. The molecule has 0 spiro atoms. The van der Waals surface area contributed by atoms with Crippen molar-refractivity contribution in [3.63, 3.8) is 0 Å². The van der Waals surface area contributed by atoms with Crippen LogP contribution in [0, 0.1) is 11.8 Å². The Morgan fingerprint density at radius 2 is 1.11 bits per heavy atom. The van der Waals surface area contributed by atoms with Crippen LogP contribution in [-0.4, -0.2) is 25.7 Å². The number of rotatable bonds is 2. The highest BCUT2D eigenvalue weighted by Gasteiger charge is 2.48. The van der Waals surface area contributed by atoms with Crippen LogP contribution in [0.3, 0.4) is 0 Å². The van der Waals surface area contributed by atoms with E-state index in [1.54, 1.807) is 12.2 Å². The van der Waals surface area contributed by atoms with Crippen molar-refractivity contribution >= 4 is 22.9 Å². The van der Waals surface area contributed by atoms with Crippen molar-refractivity contribution in [3.8, 4) is 11.5 Å². The van der Waals surface area contributed by atoms with Gasteiger partial charge in [0.1, 0.15) is 11.8 Å². The Bertz CT molecular complexity index is 974. The number of hydrogen-bond acceptors (Lipinski definition) is 6. The summed E-state index contributed by atoms with van der Waals surface area (Å²) in [6.45, 7) is 0. The molecule has 0 atom stereocenters. The minimum absolute atomic E-state index is 0.147. The van der Waals surface area contributed by atoms with Gasteiger partial charge in [0.25, 0.3) is 0 Å². The van der Waals surface area contributed by atoms with E-state index in [2.05, 4.69) is 0 Å². The molecule has 2 heterocycles. The van der Waals surface area contributed by atoms with E-state index in [0.717, 1.165) is 11.4 Å².